The second-order valence-electron chi connectivity index (χ2n) is 6.12. The van der Waals surface area contributed by atoms with E-state index in [0.717, 1.165) is 54.0 Å². The lowest BCUT2D eigenvalue weighted by molar-refractivity contribution is 0.415. The van der Waals surface area contributed by atoms with E-state index in [1.54, 1.807) is 31.0 Å². The molecule has 0 unspecified atom stereocenters. The minimum absolute atomic E-state index is 0.799. The number of hydrogen-bond acceptors (Lipinski definition) is 8. The highest BCUT2D eigenvalue weighted by atomic mass is 32.1. The van der Waals surface area contributed by atoms with Gasteiger partial charge in [-0.05, 0) is 12.1 Å². The summed E-state index contributed by atoms with van der Waals surface area (Å²) in [5.41, 5.74) is 1.79. The summed E-state index contributed by atoms with van der Waals surface area (Å²) < 4.78 is 8.37. The number of methoxy groups -OCH3 is 1. The molecule has 0 spiro atoms. The molecular weight excluding hydrogens is 350 g/mol. The van der Waals surface area contributed by atoms with Crippen molar-refractivity contribution in [1.29, 1.82) is 0 Å². The monoisotopic (exact) mass is 367 g/mol. The summed E-state index contributed by atoms with van der Waals surface area (Å²) in [6.45, 7) is 3.54. The van der Waals surface area contributed by atoms with Crippen molar-refractivity contribution < 1.29 is 4.74 Å². The van der Waals surface area contributed by atoms with Crippen LogP contribution in [0.1, 0.15) is 0 Å². The lowest BCUT2D eigenvalue weighted by Crippen LogP contribution is -2.47. The Morgan fingerprint density at radius 2 is 1.96 bits per heavy atom. The molecule has 1 aromatic carbocycles. The quantitative estimate of drug-likeness (QED) is 0.549. The van der Waals surface area contributed by atoms with Crippen molar-refractivity contribution in [3.8, 4) is 5.75 Å². The van der Waals surface area contributed by atoms with Gasteiger partial charge in [0.05, 0.1) is 17.3 Å². The highest BCUT2D eigenvalue weighted by Crippen LogP contribution is 2.32. The highest BCUT2D eigenvalue weighted by Gasteiger charge is 2.22. The van der Waals surface area contributed by atoms with E-state index in [1.807, 2.05) is 22.7 Å². The number of hydrogen-bond donors (Lipinski definition) is 0. The molecule has 0 atom stereocenters. The predicted molar refractivity (Wildman–Crippen MR) is 101 cm³/mol. The maximum Gasteiger partial charge on any atom is 0.203 e. The molecule has 4 aromatic rings. The normalized spacial score (nSPS) is 15.1. The molecule has 26 heavy (non-hydrogen) atoms. The van der Waals surface area contributed by atoms with E-state index in [-0.39, 0.29) is 0 Å². The summed E-state index contributed by atoms with van der Waals surface area (Å²) in [7, 11) is 1.68. The smallest absolute Gasteiger partial charge is 0.203 e. The first kappa shape index (κ1) is 15.3. The van der Waals surface area contributed by atoms with Crippen LogP contribution in [0.3, 0.4) is 0 Å². The number of rotatable bonds is 3. The van der Waals surface area contributed by atoms with Crippen molar-refractivity contribution in [1.82, 2.24) is 24.6 Å². The molecule has 0 amide bonds. The van der Waals surface area contributed by atoms with Crippen molar-refractivity contribution >= 4 is 38.2 Å². The van der Waals surface area contributed by atoms with Gasteiger partial charge in [-0.25, -0.2) is 9.97 Å². The van der Waals surface area contributed by atoms with Crippen LogP contribution in [0.5, 0.6) is 5.75 Å². The van der Waals surface area contributed by atoms with Crippen molar-refractivity contribution in [2.45, 2.75) is 0 Å². The summed E-state index contributed by atoms with van der Waals surface area (Å²) >= 11 is 1.72. The van der Waals surface area contributed by atoms with Gasteiger partial charge in [-0.15, -0.1) is 10.2 Å². The van der Waals surface area contributed by atoms with Gasteiger partial charge in [-0.3, -0.25) is 4.40 Å². The lowest BCUT2D eigenvalue weighted by Gasteiger charge is -2.35. The van der Waals surface area contributed by atoms with E-state index in [2.05, 4.69) is 31.0 Å². The Morgan fingerprint density at radius 1 is 1.12 bits per heavy atom. The van der Waals surface area contributed by atoms with E-state index < -0.39 is 0 Å². The number of fused-ring (bicyclic) bond motifs is 2. The van der Waals surface area contributed by atoms with Crippen LogP contribution in [-0.4, -0.2) is 57.9 Å². The zero-order valence-electron chi connectivity index (χ0n) is 14.2. The number of piperazine rings is 1. The molecule has 4 heterocycles. The van der Waals surface area contributed by atoms with Crippen LogP contribution >= 0.6 is 11.3 Å². The molecule has 0 radical (unpaired) electrons. The van der Waals surface area contributed by atoms with Crippen molar-refractivity contribution in [2.24, 2.45) is 0 Å². The molecule has 8 nitrogen and oxygen atoms in total. The molecule has 9 heteroatoms. The van der Waals surface area contributed by atoms with Crippen LogP contribution < -0.4 is 14.5 Å². The molecule has 0 saturated carbocycles. The Bertz CT molecular complexity index is 1070. The molecule has 132 valence electrons. The van der Waals surface area contributed by atoms with Gasteiger partial charge in [0.15, 0.2) is 10.9 Å². The largest absolute Gasteiger partial charge is 0.497 e. The Kier molecular flexibility index (Phi) is 3.59. The van der Waals surface area contributed by atoms with E-state index in [1.165, 1.54) is 4.70 Å². The third-order valence-corrected chi connectivity index (χ3v) is 5.73. The molecule has 5 rings (SSSR count). The van der Waals surface area contributed by atoms with Crippen molar-refractivity contribution in [3.05, 3.63) is 36.9 Å². The second kappa shape index (κ2) is 6.10. The fourth-order valence-corrected chi connectivity index (χ4v) is 4.23. The van der Waals surface area contributed by atoms with E-state index in [9.17, 15) is 0 Å². The number of nitrogens with zero attached hydrogens (tertiary/aromatic N) is 7. The van der Waals surface area contributed by atoms with Gasteiger partial charge in [-0.1, -0.05) is 11.3 Å². The third kappa shape index (κ3) is 2.51. The summed E-state index contributed by atoms with van der Waals surface area (Å²) in [6.07, 6.45) is 5.36. The first-order chi connectivity index (χ1) is 12.8. The molecule has 0 bridgehead atoms. The minimum atomic E-state index is 0.799. The Hall–Kier alpha value is -2.94. The van der Waals surface area contributed by atoms with Crippen LogP contribution in [0.25, 0.3) is 15.9 Å². The van der Waals surface area contributed by atoms with Crippen LogP contribution in [0, 0.1) is 0 Å². The van der Waals surface area contributed by atoms with E-state index in [0.29, 0.717) is 0 Å². The third-order valence-electron chi connectivity index (χ3n) is 4.63. The predicted octanol–water partition coefficient (Wildman–Crippen LogP) is 2.07. The topological polar surface area (TPSA) is 71.7 Å². The first-order valence-electron chi connectivity index (χ1n) is 8.40. The van der Waals surface area contributed by atoms with Gasteiger partial charge >= 0.3 is 0 Å². The van der Waals surface area contributed by atoms with Crippen LogP contribution in [0.15, 0.2) is 36.9 Å². The number of aromatic nitrogens is 5. The maximum absolute atomic E-state index is 5.29. The lowest BCUT2D eigenvalue weighted by atomic mass is 10.3. The summed E-state index contributed by atoms with van der Waals surface area (Å²) in [5, 5.41) is 9.22. The minimum Gasteiger partial charge on any atom is -0.497 e. The van der Waals surface area contributed by atoms with Gasteiger partial charge in [0.1, 0.15) is 12.1 Å². The van der Waals surface area contributed by atoms with Gasteiger partial charge in [-0.2, -0.15) is 0 Å². The summed E-state index contributed by atoms with van der Waals surface area (Å²) in [6, 6.07) is 6.04. The zero-order valence-corrected chi connectivity index (χ0v) is 15.1. The van der Waals surface area contributed by atoms with E-state index in [4.69, 9.17) is 9.72 Å². The molecule has 1 fully saturated rings. The fourth-order valence-electron chi connectivity index (χ4n) is 3.24. The van der Waals surface area contributed by atoms with Crippen LogP contribution in [0.2, 0.25) is 0 Å². The van der Waals surface area contributed by atoms with E-state index >= 15 is 0 Å². The highest BCUT2D eigenvalue weighted by molar-refractivity contribution is 7.22. The van der Waals surface area contributed by atoms with Gasteiger partial charge in [0, 0.05) is 44.6 Å². The summed E-state index contributed by atoms with van der Waals surface area (Å²) in [4.78, 5) is 13.9. The summed E-state index contributed by atoms with van der Waals surface area (Å²) in [5.74, 6) is 1.73. The molecule has 3 aromatic heterocycles. The molecule has 0 N–H and O–H groups in total. The SMILES string of the molecule is COc1ccc2sc(N3CCN(c4nccn5cnnc45)CC3)nc2c1. The standard InChI is InChI=1S/C17H17N7OS/c1-25-12-2-3-14-13(10-12)20-17(26-14)23-8-6-22(7-9-23)15-16-21-19-11-24(16)5-4-18-15/h2-5,10-11H,6-9H2,1H3. The Balaban J connectivity index is 1.36. The van der Waals surface area contributed by atoms with Gasteiger partial charge < -0.3 is 14.5 Å². The Morgan fingerprint density at radius 3 is 2.81 bits per heavy atom. The fraction of sp³-hybridized carbons (Fsp3) is 0.294. The van der Waals surface area contributed by atoms with Gasteiger partial charge in [0.2, 0.25) is 5.65 Å². The molecular formula is C17H17N7OS. The maximum atomic E-state index is 5.29. The first-order valence-corrected chi connectivity index (χ1v) is 9.22. The number of thiazole rings is 1. The van der Waals surface area contributed by atoms with Gasteiger partial charge in [0.25, 0.3) is 0 Å². The molecule has 1 aliphatic rings. The molecule has 0 aliphatic carbocycles. The number of benzene rings is 1. The number of ether oxygens (including phenoxy) is 1. The van der Waals surface area contributed by atoms with Crippen molar-refractivity contribution in [3.63, 3.8) is 0 Å². The average molecular weight is 367 g/mol. The average Bonchev–Trinajstić information content (AvgIpc) is 3.34. The molecule has 1 aliphatic heterocycles. The number of anilines is 2. The second-order valence-corrected chi connectivity index (χ2v) is 7.13. The molecule has 1 saturated heterocycles. The Labute approximate surface area is 153 Å². The zero-order chi connectivity index (χ0) is 17.5. The van der Waals surface area contributed by atoms with Crippen molar-refractivity contribution in [2.75, 3.05) is 43.1 Å². The van der Waals surface area contributed by atoms with Crippen LogP contribution in [-0.2, 0) is 0 Å². The van der Waals surface area contributed by atoms with Crippen LogP contribution in [0.4, 0.5) is 10.9 Å².